The minimum absolute atomic E-state index is 0.184. The number of aromatic hydroxyl groups is 1. The van der Waals surface area contributed by atoms with Crippen LogP contribution in [-0.4, -0.2) is 47.3 Å². The zero-order valence-corrected chi connectivity index (χ0v) is 11.7. The number of phenolic OH excluding ortho intramolecular Hbond substituents is 1. The summed E-state index contributed by atoms with van der Waals surface area (Å²) in [6.07, 6.45) is 1.81. The summed E-state index contributed by atoms with van der Waals surface area (Å²) in [6.45, 7) is 3.60. The first-order valence-electron chi connectivity index (χ1n) is 6.50. The van der Waals surface area contributed by atoms with Crippen LogP contribution in [0.15, 0.2) is 34.2 Å². The number of hydrogen-bond donors (Lipinski definition) is 2. The second-order valence-electron chi connectivity index (χ2n) is 4.64. The van der Waals surface area contributed by atoms with Crippen molar-refractivity contribution < 1.29 is 9.90 Å². The topological polar surface area (TPSA) is 64.9 Å². The third-order valence-corrected chi connectivity index (χ3v) is 4.23. The second kappa shape index (κ2) is 5.68. The van der Waals surface area contributed by atoms with E-state index in [4.69, 9.17) is 0 Å². The molecule has 0 unspecified atom stereocenters. The average Bonchev–Trinajstić information content (AvgIpc) is 2.84. The van der Waals surface area contributed by atoms with Crippen molar-refractivity contribution >= 4 is 28.9 Å². The monoisotopic (exact) mass is 289 g/mol. The predicted octanol–water partition coefficient (Wildman–Crippen LogP) is 1.27. The summed E-state index contributed by atoms with van der Waals surface area (Å²) < 4.78 is 0. The highest BCUT2D eigenvalue weighted by molar-refractivity contribution is 8.18. The van der Waals surface area contributed by atoms with Gasteiger partial charge in [-0.3, -0.25) is 4.79 Å². The van der Waals surface area contributed by atoms with Gasteiger partial charge in [-0.25, -0.2) is 0 Å². The summed E-state index contributed by atoms with van der Waals surface area (Å²) >= 11 is 1.42. The standard InChI is InChI=1S/C14H15N3O2S/c18-11-3-1-10(2-4-11)9-12-13(19)16-14(20-12)17-7-5-15-6-8-17/h1-4,9,15,18H,5-8H2/b12-9-. The molecular weight excluding hydrogens is 274 g/mol. The highest BCUT2D eigenvalue weighted by Gasteiger charge is 2.26. The first-order chi connectivity index (χ1) is 9.72. The van der Waals surface area contributed by atoms with Crippen LogP contribution in [0, 0.1) is 0 Å². The molecule has 0 aliphatic carbocycles. The van der Waals surface area contributed by atoms with Gasteiger partial charge in [-0.1, -0.05) is 12.1 Å². The molecule has 3 rings (SSSR count). The van der Waals surface area contributed by atoms with Gasteiger partial charge in [0.15, 0.2) is 5.17 Å². The number of benzene rings is 1. The number of amidine groups is 1. The van der Waals surface area contributed by atoms with Crippen molar-refractivity contribution in [2.75, 3.05) is 26.2 Å². The minimum atomic E-state index is -0.184. The van der Waals surface area contributed by atoms with Gasteiger partial charge in [-0.15, -0.1) is 0 Å². The number of piperazine rings is 1. The molecule has 2 aliphatic rings. The zero-order valence-electron chi connectivity index (χ0n) is 10.9. The van der Waals surface area contributed by atoms with Crippen LogP contribution >= 0.6 is 11.8 Å². The van der Waals surface area contributed by atoms with Gasteiger partial charge in [-0.05, 0) is 35.5 Å². The summed E-state index contributed by atoms with van der Waals surface area (Å²) in [6, 6.07) is 6.76. The van der Waals surface area contributed by atoms with Gasteiger partial charge in [0.2, 0.25) is 0 Å². The lowest BCUT2D eigenvalue weighted by Crippen LogP contribution is -2.45. The first kappa shape index (κ1) is 13.2. The molecule has 0 saturated carbocycles. The van der Waals surface area contributed by atoms with E-state index in [2.05, 4.69) is 15.2 Å². The summed E-state index contributed by atoms with van der Waals surface area (Å²) in [7, 11) is 0. The number of rotatable bonds is 1. The number of hydrogen-bond acceptors (Lipinski definition) is 5. The summed E-state index contributed by atoms with van der Waals surface area (Å²) in [5, 5.41) is 13.3. The first-order valence-corrected chi connectivity index (χ1v) is 7.31. The molecule has 1 aromatic rings. The van der Waals surface area contributed by atoms with Crippen molar-refractivity contribution in [2.45, 2.75) is 0 Å². The lowest BCUT2D eigenvalue weighted by Gasteiger charge is -2.27. The van der Waals surface area contributed by atoms with Crippen LogP contribution in [0.25, 0.3) is 6.08 Å². The Labute approximate surface area is 121 Å². The molecule has 6 heteroatoms. The van der Waals surface area contributed by atoms with E-state index in [1.165, 1.54) is 11.8 Å². The molecule has 5 nitrogen and oxygen atoms in total. The molecule has 1 saturated heterocycles. The highest BCUT2D eigenvalue weighted by atomic mass is 32.2. The van der Waals surface area contributed by atoms with Crippen molar-refractivity contribution in [1.82, 2.24) is 10.2 Å². The number of phenols is 1. The van der Waals surface area contributed by atoms with Crippen LogP contribution in [0.3, 0.4) is 0 Å². The van der Waals surface area contributed by atoms with E-state index >= 15 is 0 Å². The van der Waals surface area contributed by atoms with E-state index < -0.39 is 0 Å². The molecular formula is C14H15N3O2S. The maximum Gasteiger partial charge on any atom is 0.286 e. The van der Waals surface area contributed by atoms with E-state index in [0.29, 0.717) is 4.91 Å². The molecule has 0 radical (unpaired) electrons. The maximum atomic E-state index is 11.9. The third kappa shape index (κ3) is 2.86. The van der Waals surface area contributed by atoms with Gasteiger partial charge >= 0.3 is 0 Å². The molecule has 1 fully saturated rings. The predicted molar refractivity (Wildman–Crippen MR) is 80.6 cm³/mol. The maximum absolute atomic E-state index is 11.9. The molecule has 1 aromatic carbocycles. The fourth-order valence-corrected chi connectivity index (χ4v) is 3.08. The van der Waals surface area contributed by atoms with E-state index in [9.17, 15) is 9.90 Å². The number of nitrogens with zero attached hydrogens (tertiary/aromatic N) is 2. The Morgan fingerprint density at radius 2 is 1.95 bits per heavy atom. The van der Waals surface area contributed by atoms with Crippen LogP contribution in [0.4, 0.5) is 0 Å². The number of carbonyl (C=O) groups is 1. The quantitative estimate of drug-likeness (QED) is 0.762. The van der Waals surface area contributed by atoms with Crippen molar-refractivity contribution in [2.24, 2.45) is 4.99 Å². The second-order valence-corrected chi connectivity index (χ2v) is 5.65. The number of carbonyl (C=O) groups excluding carboxylic acids is 1. The number of thioether (sulfide) groups is 1. The number of aliphatic imine (C=N–C) groups is 1. The average molecular weight is 289 g/mol. The van der Waals surface area contributed by atoms with Crippen LogP contribution in [0.5, 0.6) is 5.75 Å². The van der Waals surface area contributed by atoms with Gasteiger partial charge in [0.25, 0.3) is 5.91 Å². The normalized spacial score (nSPS) is 21.4. The van der Waals surface area contributed by atoms with Gasteiger partial charge in [0, 0.05) is 26.2 Å². The van der Waals surface area contributed by atoms with E-state index in [1.807, 2.05) is 6.08 Å². The Morgan fingerprint density at radius 1 is 1.25 bits per heavy atom. The molecule has 1 amide bonds. The molecule has 0 atom stereocenters. The van der Waals surface area contributed by atoms with Crippen molar-refractivity contribution in [1.29, 1.82) is 0 Å². The smallest absolute Gasteiger partial charge is 0.286 e. The Balaban J connectivity index is 1.74. The number of amides is 1. The van der Waals surface area contributed by atoms with Crippen LogP contribution in [0.2, 0.25) is 0 Å². The molecule has 2 N–H and O–H groups in total. The Kier molecular flexibility index (Phi) is 3.75. The Morgan fingerprint density at radius 3 is 2.65 bits per heavy atom. The molecule has 20 heavy (non-hydrogen) atoms. The zero-order chi connectivity index (χ0) is 13.9. The Hall–Kier alpha value is -1.79. The summed E-state index contributed by atoms with van der Waals surface area (Å²) in [4.78, 5) is 18.8. The van der Waals surface area contributed by atoms with E-state index in [-0.39, 0.29) is 11.7 Å². The lowest BCUT2D eigenvalue weighted by atomic mass is 10.2. The molecule has 2 heterocycles. The van der Waals surface area contributed by atoms with Gasteiger partial charge < -0.3 is 15.3 Å². The fourth-order valence-electron chi connectivity index (χ4n) is 2.11. The summed E-state index contributed by atoms with van der Waals surface area (Å²) in [5.74, 6) is 0.0342. The van der Waals surface area contributed by atoms with Crippen molar-refractivity contribution in [3.8, 4) is 5.75 Å². The van der Waals surface area contributed by atoms with Gasteiger partial charge in [0.05, 0.1) is 4.91 Å². The van der Waals surface area contributed by atoms with Gasteiger partial charge in [-0.2, -0.15) is 4.99 Å². The molecule has 0 bridgehead atoms. The Bertz CT molecular complexity index is 575. The lowest BCUT2D eigenvalue weighted by molar-refractivity contribution is -0.113. The fraction of sp³-hybridized carbons (Fsp3) is 0.286. The van der Waals surface area contributed by atoms with Crippen LogP contribution in [-0.2, 0) is 4.79 Å². The molecule has 104 valence electrons. The third-order valence-electron chi connectivity index (χ3n) is 3.19. The van der Waals surface area contributed by atoms with Crippen molar-refractivity contribution in [3.63, 3.8) is 0 Å². The largest absolute Gasteiger partial charge is 0.508 e. The highest BCUT2D eigenvalue weighted by Crippen LogP contribution is 2.30. The molecule has 0 aromatic heterocycles. The van der Waals surface area contributed by atoms with Crippen molar-refractivity contribution in [3.05, 3.63) is 34.7 Å². The number of nitrogens with one attached hydrogen (secondary N) is 1. The minimum Gasteiger partial charge on any atom is -0.508 e. The van der Waals surface area contributed by atoms with Crippen LogP contribution < -0.4 is 5.32 Å². The summed E-state index contributed by atoms with van der Waals surface area (Å²) in [5.41, 5.74) is 0.885. The molecule has 0 spiro atoms. The van der Waals surface area contributed by atoms with E-state index in [1.54, 1.807) is 24.3 Å². The van der Waals surface area contributed by atoms with Crippen LogP contribution in [0.1, 0.15) is 5.56 Å². The van der Waals surface area contributed by atoms with E-state index in [0.717, 1.165) is 36.9 Å². The van der Waals surface area contributed by atoms with Gasteiger partial charge in [0.1, 0.15) is 5.75 Å². The SMILES string of the molecule is O=C1N=C(N2CCNCC2)S/C1=C\c1ccc(O)cc1. The molecule has 2 aliphatic heterocycles.